The molecule has 0 spiro atoms. The van der Waals surface area contributed by atoms with Crippen LogP contribution in [0.5, 0.6) is 0 Å². The Morgan fingerprint density at radius 3 is 2.64 bits per heavy atom. The quantitative estimate of drug-likeness (QED) is 0.668. The van der Waals surface area contributed by atoms with Crippen LogP contribution in [-0.4, -0.2) is 20.7 Å². The first-order valence-electron chi connectivity index (χ1n) is 7.60. The molecule has 1 aromatic heterocycles. The van der Waals surface area contributed by atoms with E-state index in [-0.39, 0.29) is 0 Å². The molecule has 0 saturated heterocycles. The van der Waals surface area contributed by atoms with Gasteiger partial charge in [-0.25, -0.2) is 9.19 Å². The molecule has 1 unspecified atom stereocenters. The maximum absolute atomic E-state index is 12.6. The minimum Gasteiger partial charge on any atom is -0.359 e. The monoisotopic (exact) mass is 348 g/mol. The first-order chi connectivity index (χ1) is 12.3. The molecule has 124 valence electrons. The Hall–Kier alpha value is -3.17. The molecule has 1 atom stereocenters. The van der Waals surface area contributed by atoms with Gasteiger partial charge in [-0.1, -0.05) is 30.2 Å². The third-order valence-corrected chi connectivity index (χ3v) is 4.67. The molecule has 0 radical (unpaired) electrons. The number of hydrogen-bond donors (Lipinski definition) is 2. The lowest BCUT2D eigenvalue weighted by Crippen LogP contribution is -2.04. The van der Waals surface area contributed by atoms with E-state index in [4.69, 9.17) is 6.42 Å². The van der Waals surface area contributed by atoms with Gasteiger partial charge in [0, 0.05) is 21.7 Å². The van der Waals surface area contributed by atoms with Crippen molar-refractivity contribution in [2.45, 2.75) is 9.79 Å². The Morgan fingerprint density at radius 2 is 1.84 bits per heavy atom. The Balaban J connectivity index is 1.78. The van der Waals surface area contributed by atoms with Crippen LogP contribution in [0.3, 0.4) is 0 Å². The summed E-state index contributed by atoms with van der Waals surface area (Å²) in [6.45, 7) is 0.391. The Bertz CT molecular complexity index is 922. The highest BCUT2D eigenvalue weighted by molar-refractivity contribution is 7.85. The zero-order valence-electron chi connectivity index (χ0n) is 13.3. The van der Waals surface area contributed by atoms with Crippen LogP contribution >= 0.6 is 0 Å². The average Bonchev–Trinajstić information content (AvgIpc) is 2.67. The minimum absolute atomic E-state index is 0.391. The molecule has 25 heavy (non-hydrogen) atoms. The highest BCUT2D eigenvalue weighted by atomic mass is 32.2. The predicted octanol–water partition coefficient (Wildman–Crippen LogP) is 3.43. The summed E-state index contributed by atoms with van der Waals surface area (Å²) in [6.07, 6.45) is 6.87. The summed E-state index contributed by atoms with van der Waals surface area (Å²) in [4.78, 5) is 9.99. The Labute approximate surface area is 149 Å². The van der Waals surface area contributed by atoms with Gasteiger partial charge in [0.1, 0.15) is 5.82 Å². The molecule has 0 aliphatic rings. The topological polar surface area (TPSA) is 66.9 Å². The Morgan fingerprint density at radius 1 is 1.04 bits per heavy atom. The normalized spacial score (nSPS) is 11.3. The number of terminal acetylenes is 1. The molecule has 6 heteroatoms. The first kappa shape index (κ1) is 16.7. The lowest BCUT2D eigenvalue weighted by molar-refractivity contribution is 0.683. The molecule has 2 N–H and O–H groups in total. The standard InChI is InChI=1S/C19H16N4OS/c1-2-12-20-18-11-13-21-19(23-18)22-15-7-6-10-17(14-15)25(24)16-8-4-3-5-9-16/h1,3-11,13-14H,12H2,(H2,20,21,22,23). The lowest BCUT2D eigenvalue weighted by atomic mass is 10.3. The number of hydrogen-bond acceptors (Lipinski definition) is 5. The van der Waals surface area contributed by atoms with Crippen molar-refractivity contribution in [3.8, 4) is 12.3 Å². The molecule has 0 bridgehead atoms. The fourth-order valence-electron chi connectivity index (χ4n) is 2.16. The minimum atomic E-state index is -1.24. The van der Waals surface area contributed by atoms with Gasteiger partial charge < -0.3 is 10.6 Å². The number of benzene rings is 2. The average molecular weight is 348 g/mol. The summed E-state index contributed by atoms with van der Waals surface area (Å²) in [7, 11) is -1.24. The summed E-state index contributed by atoms with van der Waals surface area (Å²) in [6, 6.07) is 18.5. The van der Waals surface area contributed by atoms with Crippen LogP contribution in [0.4, 0.5) is 17.5 Å². The van der Waals surface area contributed by atoms with Gasteiger partial charge in [-0.2, -0.15) is 4.98 Å². The van der Waals surface area contributed by atoms with Crippen molar-refractivity contribution in [3.63, 3.8) is 0 Å². The molecule has 2 aromatic carbocycles. The zero-order chi connectivity index (χ0) is 17.5. The summed E-state index contributed by atoms with van der Waals surface area (Å²) in [5, 5.41) is 6.11. The van der Waals surface area contributed by atoms with Gasteiger partial charge in [0.15, 0.2) is 0 Å². The van der Waals surface area contributed by atoms with E-state index in [2.05, 4.69) is 26.5 Å². The van der Waals surface area contributed by atoms with Crippen molar-refractivity contribution < 1.29 is 4.21 Å². The van der Waals surface area contributed by atoms with E-state index in [1.807, 2.05) is 54.6 Å². The van der Waals surface area contributed by atoms with Crippen molar-refractivity contribution in [3.05, 3.63) is 66.9 Å². The SMILES string of the molecule is C#CCNc1ccnc(Nc2cccc(S(=O)c3ccccc3)c2)n1. The highest BCUT2D eigenvalue weighted by Crippen LogP contribution is 2.21. The van der Waals surface area contributed by atoms with E-state index >= 15 is 0 Å². The van der Waals surface area contributed by atoms with Crippen LogP contribution in [0.2, 0.25) is 0 Å². The fourth-order valence-corrected chi connectivity index (χ4v) is 3.27. The zero-order valence-corrected chi connectivity index (χ0v) is 14.2. The maximum Gasteiger partial charge on any atom is 0.229 e. The fraction of sp³-hybridized carbons (Fsp3) is 0.0526. The molecule has 5 nitrogen and oxygen atoms in total. The third kappa shape index (κ3) is 4.43. The van der Waals surface area contributed by atoms with Crippen molar-refractivity contribution in [1.82, 2.24) is 9.97 Å². The summed E-state index contributed by atoms with van der Waals surface area (Å²) < 4.78 is 12.6. The van der Waals surface area contributed by atoms with Gasteiger partial charge in [0.05, 0.1) is 17.3 Å². The second-order valence-electron chi connectivity index (χ2n) is 5.06. The second kappa shape index (κ2) is 8.08. The largest absolute Gasteiger partial charge is 0.359 e. The molecule has 1 heterocycles. The van der Waals surface area contributed by atoms with E-state index < -0.39 is 10.8 Å². The van der Waals surface area contributed by atoms with E-state index in [0.717, 1.165) is 10.6 Å². The molecule has 3 aromatic rings. The van der Waals surface area contributed by atoms with Crippen LogP contribution < -0.4 is 10.6 Å². The van der Waals surface area contributed by atoms with Crippen molar-refractivity contribution in [1.29, 1.82) is 0 Å². The van der Waals surface area contributed by atoms with Gasteiger partial charge in [0.25, 0.3) is 0 Å². The van der Waals surface area contributed by atoms with E-state index in [0.29, 0.717) is 23.2 Å². The van der Waals surface area contributed by atoms with Crippen LogP contribution in [0.25, 0.3) is 0 Å². The number of nitrogens with one attached hydrogen (secondary N) is 2. The smallest absolute Gasteiger partial charge is 0.229 e. The molecule has 0 fully saturated rings. The number of nitrogens with zero attached hydrogens (tertiary/aromatic N) is 2. The Kier molecular flexibility index (Phi) is 5.39. The lowest BCUT2D eigenvalue weighted by Gasteiger charge is -2.08. The van der Waals surface area contributed by atoms with Gasteiger partial charge in [0.2, 0.25) is 5.95 Å². The molecular formula is C19H16N4OS. The number of anilines is 3. The van der Waals surface area contributed by atoms with Gasteiger partial charge in [-0.15, -0.1) is 6.42 Å². The van der Waals surface area contributed by atoms with Crippen molar-refractivity contribution >= 4 is 28.3 Å². The molecular weight excluding hydrogens is 332 g/mol. The van der Waals surface area contributed by atoms with E-state index in [9.17, 15) is 4.21 Å². The highest BCUT2D eigenvalue weighted by Gasteiger charge is 2.08. The maximum atomic E-state index is 12.6. The summed E-state index contributed by atoms with van der Waals surface area (Å²) >= 11 is 0. The van der Waals surface area contributed by atoms with E-state index in [1.54, 1.807) is 12.3 Å². The first-order valence-corrected chi connectivity index (χ1v) is 8.75. The third-order valence-electron chi connectivity index (χ3n) is 3.29. The molecule has 0 aliphatic heterocycles. The van der Waals surface area contributed by atoms with Crippen molar-refractivity contribution in [2.24, 2.45) is 0 Å². The molecule has 0 saturated carbocycles. The second-order valence-corrected chi connectivity index (χ2v) is 6.54. The van der Waals surface area contributed by atoms with E-state index in [1.165, 1.54) is 0 Å². The van der Waals surface area contributed by atoms with Crippen molar-refractivity contribution in [2.75, 3.05) is 17.2 Å². The number of rotatable bonds is 6. The van der Waals surface area contributed by atoms with Crippen LogP contribution in [0.1, 0.15) is 0 Å². The van der Waals surface area contributed by atoms with Crippen LogP contribution in [0, 0.1) is 12.3 Å². The molecule has 0 amide bonds. The van der Waals surface area contributed by atoms with Crippen LogP contribution in [-0.2, 0) is 10.8 Å². The summed E-state index contributed by atoms with van der Waals surface area (Å²) in [5.74, 6) is 3.57. The van der Waals surface area contributed by atoms with Gasteiger partial charge in [-0.05, 0) is 36.4 Å². The van der Waals surface area contributed by atoms with Crippen LogP contribution in [0.15, 0.2) is 76.7 Å². The van der Waals surface area contributed by atoms with Gasteiger partial charge in [-0.3, -0.25) is 0 Å². The predicted molar refractivity (Wildman–Crippen MR) is 100 cm³/mol. The summed E-state index contributed by atoms with van der Waals surface area (Å²) in [5.41, 5.74) is 0.760. The number of aromatic nitrogens is 2. The molecule has 3 rings (SSSR count). The molecule has 0 aliphatic carbocycles. The van der Waals surface area contributed by atoms with Gasteiger partial charge >= 0.3 is 0 Å².